The monoisotopic (exact) mass is 312 g/mol. The van der Waals surface area contributed by atoms with Crippen LogP contribution in [0, 0.1) is 11.6 Å². The second kappa shape index (κ2) is 5.04. The minimum absolute atomic E-state index is 0.116. The zero-order chi connectivity index (χ0) is 14.3. The Balaban J connectivity index is 2.35. The molecule has 102 valence electrons. The molecule has 0 N–H and O–H groups in total. The summed E-state index contributed by atoms with van der Waals surface area (Å²) in [7, 11) is 0. The maximum Gasteiger partial charge on any atom is 0.129 e. The van der Waals surface area contributed by atoms with Gasteiger partial charge in [0.05, 0.1) is 22.6 Å². The molecule has 0 aliphatic carbocycles. The lowest BCUT2D eigenvalue weighted by molar-refractivity contribution is 0.581. The number of alkyl halides is 1. The highest BCUT2D eigenvalue weighted by atomic mass is 35.5. The molecule has 2 aromatic carbocycles. The van der Waals surface area contributed by atoms with Crippen LogP contribution in [0.4, 0.5) is 8.78 Å². The van der Waals surface area contributed by atoms with Crippen molar-refractivity contribution in [2.24, 2.45) is 0 Å². The van der Waals surface area contributed by atoms with E-state index in [2.05, 4.69) is 4.98 Å². The quantitative estimate of drug-likeness (QED) is 0.627. The first-order valence-electron chi connectivity index (χ1n) is 5.78. The Morgan fingerprint density at radius 3 is 2.40 bits per heavy atom. The number of aromatic nitrogens is 2. The zero-order valence-corrected chi connectivity index (χ0v) is 11.6. The summed E-state index contributed by atoms with van der Waals surface area (Å²) >= 11 is 11.8. The molecule has 6 heteroatoms. The van der Waals surface area contributed by atoms with Crippen LogP contribution in [-0.2, 0) is 5.88 Å². The first kappa shape index (κ1) is 13.3. The molecule has 0 atom stereocenters. The highest BCUT2D eigenvalue weighted by Crippen LogP contribution is 2.26. The Morgan fingerprint density at radius 1 is 1.05 bits per heavy atom. The van der Waals surface area contributed by atoms with Crippen LogP contribution >= 0.6 is 23.2 Å². The number of imidazole rings is 1. The molecule has 0 bridgehead atoms. The van der Waals surface area contributed by atoms with Gasteiger partial charge in [0.1, 0.15) is 17.5 Å². The van der Waals surface area contributed by atoms with Crippen LogP contribution < -0.4 is 0 Å². The van der Waals surface area contributed by atoms with Crippen molar-refractivity contribution in [1.82, 2.24) is 9.55 Å². The minimum Gasteiger partial charge on any atom is -0.295 e. The van der Waals surface area contributed by atoms with Crippen molar-refractivity contribution >= 4 is 34.2 Å². The lowest BCUT2D eigenvalue weighted by atomic mass is 10.2. The molecule has 0 saturated heterocycles. The van der Waals surface area contributed by atoms with Gasteiger partial charge in [0.15, 0.2) is 0 Å². The van der Waals surface area contributed by atoms with Crippen molar-refractivity contribution < 1.29 is 8.78 Å². The summed E-state index contributed by atoms with van der Waals surface area (Å²) in [6, 6.07) is 8.38. The first-order chi connectivity index (χ1) is 9.58. The van der Waals surface area contributed by atoms with Gasteiger partial charge in [-0.25, -0.2) is 13.8 Å². The van der Waals surface area contributed by atoms with Crippen molar-refractivity contribution in [2.75, 3.05) is 0 Å². The number of rotatable bonds is 2. The van der Waals surface area contributed by atoms with Crippen LogP contribution in [0.3, 0.4) is 0 Å². The lowest BCUT2D eigenvalue weighted by Gasteiger charge is -2.08. The van der Waals surface area contributed by atoms with Crippen LogP contribution in [0.25, 0.3) is 16.7 Å². The summed E-state index contributed by atoms with van der Waals surface area (Å²) in [6.45, 7) is 0. The Morgan fingerprint density at radius 2 is 1.75 bits per heavy atom. The van der Waals surface area contributed by atoms with Crippen molar-refractivity contribution in [2.45, 2.75) is 5.88 Å². The third-order valence-electron chi connectivity index (χ3n) is 2.91. The van der Waals surface area contributed by atoms with E-state index in [9.17, 15) is 8.78 Å². The smallest absolute Gasteiger partial charge is 0.129 e. The summed E-state index contributed by atoms with van der Waals surface area (Å²) in [6.07, 6.45) is 0. The molecule has 0 amide bonds. The van der Waals surface area contributed by atoms with E-state index in [4.69, 9.17) is 23.2 Å². The van der Waals surface area contributed by atoms with Gasteiger partial charge in [0.25, 0.3) is 0 Å². The van der Waals surface area contributed by atoms with Gasteiger partial charge in [-0.2, -0.15) is 0 Å². The largest absolute Gasteiger partial charge is 0.295 e. The maximum absolute atomic E-state index is 13.4. The van der Waals surface area contributed by atoms with Crippen molar-refractivity contribution in [3.05, 3.63) is 58.9 Å². The molecule has 0 unspecified atom stereocenters. The van der Waals surface area contributed by atoms with Crippen LogP contribution in [0.1, 0.15) is 5.82 Å². The van der Waals surface area contributed by atoms with Gasteiger partial charge in [0, 0.05) is 11.1 Å². The molecular weight excluding hydrogens is 305 g/mol. The van der Waals surface area contributed by atoms with E-state index in [-0.39, 0.29) is 5.88 Å². The van der Waals surface area contributed by atoms with Gasteiger partial charge in [-0.3, -0.25) is 4.57 Å². The standard InChI is InChI=1S/C14H8Cl2F2N2/c15-7-14-19-12-2-1-8(16)3-13(12)20(14)11-5-9(17)4-10(18)6-11/h1-6H,7H2. The molecule has 2 nitrogen and oxygen atoms in total. The Bertz CT molecular complexity index is 779. The van der Waals surface area contributed by atoms with Crippen molar-refractivity contribution in [3.8, 4) is 5.69 Å². The van der Waals surface area contributed by atoms with E-state index < -0.39 is 11.6 Å². The molecule has 0 aliphatic rings. The zero-order valence-electron chi connectivity index (χ0n) is 10.1. The number of hydrogen-bond acceptors (Lipinski definition) is 1. The first-order valence-corrected chi connectivity index (χ1v) is 6.69. The lowest BCUT2D eigenvalue weighted by Crippen LogP contribution is -2.00. The fourth-order valence-electron chi connectivity index (χ4n) is 2.14. The molecule has 1 heterocycles. The summed E-state index contributed by atoms with van der Waals surface area (Å²) in [5.41, 5.74) is 1.63. The van der Waals surface area contributed by atoms with Gasteiger partial charge >= 0.3 is 0 Å². The molecule has 1 aromatic heterocycles. The molecule has 0 radical (unpaired) electrons. The van der Waals surface area contributed by atoms with E-state index in [0.717, 1.165) is 6.07 Å². The average molecular weight is 313 g/mol. The summed E-state index contributed by atoms with van der Waals surface area (Å²) in [5, 5.41) is 0.511. The van der Waals surface area contributed by atoms with E-state index in [0.29, 0.717) is 27.6 Å². The van der Waals surface area contributed by atoms with Gasteiger partial charge in [-0.1, -0.05) is 11.6 Å². The molecular formula is C14H8Cl2F2N2. The van der Waals surface area contributed by atoms with Gasteiger partial charge < -0.3 is 0 Å². The third kappa shape index (κ3) is 2.25. The fourth-order valence-corrected chi connectivity index (χ4v) is 2.49. The van der Waals surface area contributed by atoms with E-state index >= 15 is 0 Å². The van der Waals surface area contributed by atoms with Gasteiger partial charge in [0.2, 0.25) is 0 Å². The highest BCUT2D eigenvalue weighted by Gasteiger charge is 2.13. The number of nitrogens with zero attached hydrogens (tertiary/aromatic N) is 2. The Hall–Kier alpha value is -1.65. The van der Waals surface area contributed by atoms with Crippen LogP contribution in [0.15, 0.2) is 36.4 Å². The van der Waals surface area contributed by atoms with Crippen molar-refractivity contribution in [1.29, 1.82) is 0 Å². The normalized spacial score (nSPS) is 11.2. The molecule has 3 rings (SSSR count). The predicted octanol–water partition coefficient (Wildman–Crippen LogP) is 4.70. The van der Waals surface area contributed by atoms with Crippen LogP contribution in [0.2, 0.25) is 5.02 Å². The maximum atomic E-state index is 13.4. The fraction of sp³-hybridized carbons (Fsp3) is 0.0714. The van der Waals surface area contributed by atoms with E-state index in [1.54, 1.807) is 22.8 Å². The minimum atomic E-state index is -0.663. The van der Waals surface area contributed by atoms with Gasteiger partial charge in [-0.05, 0) is 30.3 Å². The second-order valence-electron chi connectivity index (χ2n) is 4.26. The average Bonchev–Trinajstić information content (AvgIpc) is 2.75. The number of hydrogen-bond donors (Lipinski definition) is 0. The molecule has 0 aliphatic heterocycles. The molecule has 0 spiro atoms. The van der Waals surface area contributed by atoms with E-state index in [1.165, 1.54) is 12.1 Å². The Kier molecular flexibility index (Phi) is 3.36. The number of benzene rings is 2. The van der Waals surface area contributed by atoms with E-state index in [1.807, 2.05) is 0 Å². The van der Waals surface area contributed by atoms with Gasteiger partial charge in [-0.15, -0.1) is 11.6 Å². The molecule has 0 fully saturated rings. The Labute approximate surface area is 123 Å². The molecule has 0 saturated carbocycles. The van der Waals surface area contributed by atoms with Crippen LogP contribution in [-0.4, -0.2) is 9.55 Å². The summed E-state index contributed by atoms with van der Waals surface area (Å²) < 4.78 is 28.4. The summed E-state index contributed by atoms with van der Waals surface area (Å²) in [5.74, 6) is -0.715. The number of fused-ring (bicyclic) bond motifs is 1. The SMILES string of the molecule is Fc1cc(F)cc(-n2c(CCl)nc3ccc(Cl)cc32)c1. The predicted molar refractivity (Wildman–Crippen MR) is 75.6 cm³/mol. The molecule has 20 heavy (non-hydrogen) atoms. The topological polar surface area (TPSA) is 17.8 Å². The molecule has 3 aromatic rings. The summed E-state index contributed by atoms with van der Waals surface area (Å²) in [4.78, 5) is 4.34. The highest BCUT2D eigenvalue weighted by molar-refractivity contribution is 6.31. The number of halogens is 4. The van der Waals surface area contributed by atoms with Crippen molar-refractivity contribution in [3.63, 3.8) is 0 Å². The second-order valence-corrected chi connectivity index (χ2v) is 4.96. The third-order valence-corrected chi connectivity index (χ3v) is 3.39. The van der Waals surface area contributed by atoms with Crippen LogP contribution in [0.5, 0.6) is 0 Å².